The number of carbonyl (C=O) groups is 4. The Morgan fingerprint density at radius 3 is 2.59 bits per heavy atom. The van der Waals surface area contributed by atoms with Crippen molar-refractivity contribution >= 4 is 23.9 Å². The third-order valence-corrected chi connectivity index (χ3v) is 5.96. The number of likely N-dealkylation sites (tertiary alicyclic amines) is 1. The Balaban J connectivity index is 1.69. The third kappa shape index (κ3) is 5.36. The number of hydrogen-bond acceptors (Lipinski definition) is 6. The zero-order chi connectivity index (χ0) is 21.0. The Kier molecular flexibility index (Phi) is 6.92. The zero-order valence-electron chi connectivity index (χ0n) is 17.1. The van der Waals surface area contributed by atoms with E-state index in [2.05, 4.69) is 16.3 Å². The molecule has 2 aliphatic heterocycles. The van der Waals surface area contributed by atoms with Crippen LogP contribution in [0.5, 0.6) is 0 Å². The predicted molar refractivity (Wildman–Crippen MR) is 109 cm³/mol. The Bertz CT molecular complexity index is 799. The summed E-state index contributed by atoms with van der Waals surface area (Å²) in [5.74, 6) is 0.0906. The van der Waals surface area contributed by atoms with Gasteiger partial charge in [-0.2, -0.15) is 0 Å². The van der Waals surface area contributed by atoms with Gasteiger partial charge in [0.15, 0.2) is 0 Å². The summed E-state index contributed by atoms with van der Waals surface area (Å²) in [5, 5.41) is 2.39. The minimum absolute atomic E-state index is 0.192. The number of carbonyl (C=O) groups excluding carboxylic acids is 4. The first-order valence-corrected chi connectivity index (χ1v) is 10.2. The molecule has 1 aromatic carbocycles. The maximum absolute atomic E-state index is 12.1. The molecule has 2 fully saturated rings. The fourth-order valence-electron chi connectivity index (χ4n) is 4.35. The van der Waals surface area contributed by atoms with Gasteiger partial charge in [-0.3, -0.25) is 34.3 Å². The van der Waals surface area contributed by atoms with Crippen molar-refractivity contribution in [3.63, 3.8) is 0 Å². The Morgan fingerprint density at radius 2 is 1.97 bits per heavy atom. The minimum Gasteiger partial charge on any atom is -0.299 e. The van der Waals surface area contributed by atoms with Gasteiger partial charge in [0.05, 0.1) is 12.6 Å². The molecule has 1 aromatic rings. The molecule has 0 aliphatic carbocycles. The number of likely N-dealkylation sites (N-methyl/N-ethyl adjacent to an activating group) is 1. The van der Waals surface area contributed by atoms with Crippen LogP contribution in [-0.2, 0) is 20.9 Å². The molecule has 29 heavy (non-hydrogen) atoms. The van der Waals surface area contributed by atoms with Crippen LogP contribution in [0.2, 0.25) is 0 Å². The van der Waals surface area contributed by atoms with Crippen molar-refractivity contribution in [2.24, 2.45) is 0 Å². The van der Waals surface area contributed by atoms with E-state index in [0.717, 1.165) is 37.8 Å². The molecule has 2 aliphatic rings. The molecule has 0 bridgehead atoms. The summed E-state index contributed by atoms with van der Waals surface area (Å²) in [6.07, 6.45) is 3.64. The van der Waals surface area contributed by atoms with Gasteiger partial charge in [-0.1, -0.05) is 18.2 Å². The summed E-state index contributed by atoms with van der Waals surface area (Å²) in [7, 11) is 1.85. The number of nitrogens with one attached hydrogen (secondary N) is 1. The Labute approximate surface area is 171 Å². The van der Waals surface area contributed by atoms with E-state index in [9.17, 15) is 19.2 Å². The van der Waals surface area contributed by atoms with Crippen LogP contribution in [0.1, 0.15) is 60.0 Å². The molecule has 2 saturated heterocycles. The van der Waals surface area contributed by atoms with Crippen LogP contribution in [0.25, 0.3) is 0 Å². The zero-order valence-corrected chi connectivity index (χ0v) is 17.1. The maximum atomic E-state index is 12.1. The molecule has 1 unspecified atom stereocenters. The van der Waals surface area contributed by atoms with Gasteiger partial charge in [-0.05, 0) is 63.4 Å². The van der Waals surface area contributed by atoms with E-state index in [-0.39, 0.29) is 23.6 Å². The van der Waals surface area contributed by atoms with Crippen molar-refractivity contribution in [2.45, 2.75) is 51.1 Å². The topological polar surface area (TPSA) is 86.8 Å². The summed E-state index contributed by atoms with van der Waals surface area (Å²) in [4.78, 5) is 50.5. The third-order valence-electron chi connectivity index (χ3n) is 5.96. The quantitative estimate of drug-likeness (QED) is 0.552. The maximum Gasteiger partial charge on any atom is 0.243 e. The smallest absolute Gasteiger partial charge is 0.243 e. The van der Waals surface area contributed by atoms with Gasteiger partial charge in [-0.15, -0.1) is 0 Å². The number of rotatable bonds is 7. The van der Waals surface area contributed by atoms with Crippen LogP contribution in [0, 0.1) is 0 Å². The fourth-order valence-corrected chi connectivity index (χ4v) is 4.35. The monoisotopic (exact) mass is 399 g/mol. The van der Waals surface area contributed by atoms with Gasteiger partial charge in [0.2, 0.25) is 11.8 Å². The number of nitrogens with zero attached hydrogens (tertiary/aromatic N) is 2. The highest BCUT2D eigenvalue weighted by Crippen LogP contribution is 2.30. The normalized spacial score (nSPS) is 21.3. The van der Waals surface area contributed by atoms with Crippen molar-refractivity contribution in [2.75, 3.05) is 26.7 Å². The van der Waals surface area contributed by atoms with Crippen molar-refractivity contribution < 1.29 is 19.2 Å². The molecule has 0 saturated carbocycles. The van der Waals surface area contributed by atoms with Crippen LogP contribution < -0.4 is 5.32 Å². The lowest BCUT2D eigenvalue weighted by atomic mass is 9.87. The van der Waals surface area contributed by atoms with Crippen LogP contribution >= 0.6 is 0 Å². The number of imide groups is 1. The minimum atomic E-state index is -0.370. The first-order chi connectivity index (χ1) is 13.9. The second-order valence-corrected chi connectivity index (χ2v) is 8.21. The molecule has 1 N–H and O–H groups in total. The molecule has 7 nitrogen and oxygen atoms in total. The van der Waals surface area contributed by atoms with Crippen LogP contribution in [0.3, 0.4) is 0 Å². The number of amides is 2. The fraction of sp³-hybridized carbons (Fsp3) is 0.545. The molecule has 1 atom stereocenters. The molecular weight excluding hydrogens is 370 g/mol. The predicted octanol–water partition coefficient (Wildman–Crippen LogP) is 1.50. The van der Waals surface area contributed by atoms with E-state index in [1.54, 1.807) is 6.92 Å². The Morgan fingerprint density at radius 1 is 1.24 bits per heavy atom. The molecule has 156 valence electrons. The molecular formula is C22H29N3O4. The summed E-state index contributed by atoms with van der Waals surface area (Å²) >= 11 is 0. The van der Waals surface area contributed by atoms with E-state index >= 15 is 0 Å². The van der Waals surface area contributed by atoms with Gasteiger partial charge in [0, 0.05) is 18.5 Å². The number of hydrogen-bond donors (Lipinski definition) is 1. The van der Waals surface area contributed by atoms with E-state index in [1.165, 1.54) is 5.56 Å². The Hall–Kier alpha value is -2.38. The largest absolute Gasteiger partial charge is 0.299 e. The van der Waals surface area contributed by atoms with E-state index in [4.69, 9.17) is 0 Å². The molecule has 7 heteroatoms. The van der Waals surface area contributed by atoms with Crippen LogP contribution in [-0.4, -0.2) is 66.4 Å². The average Bonchev–Trinajstić information content (AvgIpc) is 2.68. The van der Waals surface area contributed by atoms with Gasteiger partial charge in [0.1, 0.15) is 12.1 Å². The van der Waals surface area contributed by atoms with E-state index < -0.39 is 0 Å². The van der Waals surface area contributed by atoms with Crippen molar-refractivity contribution in [1.82, 2.24) is 15.1 Å². The molecule has 0 spiro atoms. The number of aldehydes is 1. The van der Waals surface area contributed by atoms with Crippen molar-refractivity contribution in [1.29, 1.82) is 0 Å². The summed E-state index contributed by atoms with van der Waals surface area (Å²) in [6, 6.07) is 5.59. The number of benzene rings is 1. The highest BCUT2D eigenvalue weighted by atomic mass is 16.2. The summed E-state index contributed by atoms with van der Waals surface area (Å²) in [5.41, 5.74) is 2.72. The SMILES string of the molecule is CC(=O)CN1CCC(c2ccc(C=O)c(CN(C)C3CCC(=O)NC3=O)c2)CC1. The lowest BCUT2D eigenvalue weighted by Gasteiger charge is -2.32. The molecule has 2 heterocycles. The van der Waals surface area contributed by atoms with Crippen LogP contribution in [0.4, 0.5) is 0 Å². The first-order valence-electron chi connectivity index (χ1n) is 10.2. The lowest BCUT2D eigenvalue weighted by Crippen LogP contribution is -2.51. The standard InChI is InChI=1S/C22H29N3O4/c1-15(27)12-25-9-7-16(8-10-25)17-3-4-18(14-26)19(11-17)13-24(2)20-5-6-21(28)23-22(20)29/h3-4,11,14,16,20H,5-10,12-13H2,1-2H3,(H,23,28,29). The highest BCUT2D eigenvalue weighted by Gasteiger charge is 2.30. The molecule has 0 aromatic heterocycles. The summed E-state index contributed by atoms with van der Waals surface area (Å²) < 4.78 is 0. The van der Waals surface area contributed by atoms with Crippen LogP contribution in [0.15, 0.2) is 18.2 Å². The van der Waals surface area contributed by atoms with E-state index in [0.29, 0.717) is 37.4 Å². The molecule has 3 rings (SSSR count). The van der Waals surface area contributed by atoms with Crippen molar-refractivity contribution in [3.05, 3.63) is 34.9 Å². The van der Waals surface area contributed by atoms with Gasteiger partial charge in [0.25, 0.3) is 0 Å². The first kappa shape index (κ1) is 21.3. The number of ketones is 1. The number of Topliss-reactive ketones (excluding diaryl/α,β-unsaturated/α-hetero) is 1. The average molecular weight is 399 g/mol. The highest BCUT2D eigenvalue weighted by molar-refractivity contribution is 6.00. The molecule has 0 radical (unpaired) electrons. The van der Waals surface area contributed by atoms with Gasteiger partial charge < -0.3 is 0 Å². The van der Waals surface area contributed by atoms with Crippen molar-refractivity contribution in [3.8, 4) is 0 Å². The van der Waals surface area contributed by atoms with Gasteiger partial charge >= 0.3 is 0 Å². The second-order valence-electron chi connectivity index (χ2n) is 8.21. The lowest BCUT2D eigenvalue weighted by molar-refractivity contribution is -0.137. The van der Waals surface area contributed by atoms with E-state index in [1.807, 2.05) is 24.1 Å². The summed E-state index contributed by atoms with van der Waals surface area (Å²) in [6.45, 7) is 4.39. The second kappa shape index (κ2) is 9.41. The number of piperidine rings is 2. The van der Waals surface area contributed by atoms with Gasteiger partial charge in [-0.25, -0.2) is 0 Å². The molecule has 2 amide bonds.